The molecule has 0 radical (unpaired) electrons. The number of nitrogens with two attached hydrogens (primary N) is 1. The van der Waals surface area contributed by atoms with Gasteiger partial charge in [-0.3, -0.25) is 9.59 Å². The van der Waals surface area contributed by atoms with E-state index in [0.29, 0.717) is 17.9 Å². The molecular formula is C30H34N4O4. The Hall–Kier alpha value is -4.17. The van der Waals surface area contributed by atoms with E-state index in [2.05, 4.69) is 22.0 Å². The molecule has 38 heavy (non-hydrogen) atoms. The summed E-state index contributed by atoms with van der Waals surface area (Å²) in [5.41, 5.74) is 10.5. The van der Waals surface area contributed by atoms with Crippen LogP contribution in [0.5, 0.6) is 5.75 Å². The minimum absolute atomic E-state index is 0.119. The number of fused-ring (bicyclic) bond motifs is 1. The van der Waals surface area contributed by atoms with Crippen LogP contribution in [0, 0.1) is 18.8 Å². The molecule has 0 saturated carbocycles. The zero-order chi connectivity index (χ0) is 27.4. The fraction of sp³-hybridized carbons (Fsp3) is 0.300. The highest BCUT2D eigenvalue weighted by Gasteiger charge is 2.42. The van der Waals surface area contributed by atoms with Gasteiger partial charge >= 0.3 is 6.09 Å². The second-order valence-corrected chi connectivity index (χ2v) is 10.0. The monoisotopic (exact) mass is 514 g/mol. The Balaban J connectivity index is 1.46. The lowest BCUT2D eigenvalue weighted by Gasteiger charge is -2.34. The number of aryl methyl sites for hydroxylation is 2. The average Bonchev–Trinajstić information content (AvgIpc) is 3.06. The summed E-state index contributed by atoms with van der Waals surface area (Å²) in [5.74, 6) is -0.891. The Bertz CT molecular complexity index is 1350. The first kappa shape index (κ1) is 26.9. The molecule has 1 aliphatic rings. The number of hydrogen-bond donors (Lipinski definition) is 4. The maximum absolute atomic E-state index is 13.3. The third-order valence-corrected chi connectivity index (χ3v) is 7.37. The SMILES string of the molecule is CNC(=O)Oc1ccccc1-c1ccc(NC(=O)C(C)(N)[C@H](C)C2CCc3cc(C)ccc3NC2=O)cc1. The van der Waals surface area contributed by atoms with Gasteiger partial charge in [0.2, 0.25) is 11.8 Å². The van der Waals surface area contributed by atoms with Gasteiger partial charge < -0.3 is 26.4 Å². The highest BCUT2D eigenvalue weighted by atomic mass is 16.6. The van der Waals surface area contributed by atoms with Gasteiger partial charge in [-0.05, 0) is 68.0 Å². The predicted molar refractivity (Wildman–Crippen MR) is 149 cm³/mol. The maximum atomic E-state index is 13.3. The minimum atomic E-state index is -1.29. The van der Waals surface area contributed by atoms with Crippen molar-refractivity contribution in [2.24, 2.45) is 17.6 Å². The first-order valence-corrected chi connectivity index (χ1v) is 12.7. The fourth-order valence-corrected chi connectivity index (χ4v) is 4.76. The van der Waals surface area contributed by atoms with E-state index in [1.165, 1.54) is 7.05 Å². The standard InChI is InChI=1S/C30H34N4O4/c1-18-9-16-25-21(17-18)12-15-23(27(35)34-25)19(2)30(3,31)28(36)33-22-13-10-20(11-14-22)24-7-5-6-8-26(24)38-29(37)32-4/h5-11,13-14,16-17,19,23H,12,15,31H2,1-4H3,(H,32,37)(H,33,36)(H,34,35)/t19-,23?,30?/m1/s1. The number of amides is 3. The predicted octanol–water partition coefficient (Wildman–Crippen LogP) is 4.87. The Labute approximate surface area is 223 Å². The summed E-state index contributed by atoms with van der Waals surface area (Å²) in [4.78, 5) is 38.1. The third-order valence-electron chi connectivity index (χ3n) is 7.37. The molecule has 198 valence electrons. The van der Waals surface area contributed by atoms with E-state index >= 15 is 0 Å². The Morgan fingerprint density at radius 2 is 1.82 bits per heavy atom. The molecule has 0 aliphatic carbocycles. The molecule has 1 aliphatic heterocycles. The highest BCUT2D eigenvalue weighted by Crippen LogP contribution is 2.34. The number of para-hydroxylation sites is 1. The van der Waals surface area contributed by atoms with Crippen LogP contribution in [-0.2, 0) is 16.0 Å². The lowest BCUT2D eigenvalue weighted by Crippen LogP contribution is -2.56. The summed E-state index contributed by atoms with van der Waals surface area (Å²) in [5, 5.41) is 8.36. The number of carbonyl (C=O) groups excluding carboxylic acids is 3. The van der Waals surface area contributed by atoms with E-state index in [0.717, 1.165) is 34.4 Å². The first-order valence-electron chi connectivity index (χ1n) is 12.7. The second-order valence-electron chi connectivity index (χ2n) is 10.0. The molecule has 1 heterocycles. The lowest BCUT2D eigenvalue weighted by atomic mass is 9.75. The topological polar surface area (TPSA) is 123 Å². The number of nitrogens with one attached hydrogen (secondary N) is 3. The summed E-state index contributed by atoms with van der Waals surface area (Å²) in [7, 11) is 1.50. The van der Waals surface area contributed by atoms with Gasteiger partial charge in [-0.2, -0.15) is 0 Å². The van der Waals surface area contributed by atoms with Gasteiger partial charge in [0.1, 0.15) is 5.75 Å². The van der Waals surface area contributed by atoms with E-state index in [1.807, 2.05) is 50.2 Å². The normalized spacial score (nSPS) is 17.2. The van der Waals surface area contributed by atoms with Crippen molar-refractivity contribution in [1.29, 1.82) is 0 Å². The van der Waals surface area contributed by atoms with Crippen molar-refractivity contribution in [1.82, 2.24) is 5.32 Å². The van der Waals surface area contributed by atoms with E-state index in [9.17, 15) is 14.4 Å². The van der Waals surface area contributed by atoms with Crippen LogP contribution in [0.4, 0.5) is 16.2 Å². The van der Waals surface area contributed by atoms with Gasteiger partial charge in [0, 0.05) is 29.9 Å². The fourth-order valence-electron chi connectivity index (χ4n) is 4.76. The molecular weight excluding hydrogens is 480 g/mol. The van der Waals surface area contributed by atoms with Gasteiger partial charge in [-0.1, -0.05) is 55.0 Å². The van der Waals surface area contributed by atoms with Crippen LogP contribution in [0.1, 0.15) is 31.4 Å². The summed E-state index contributed by atoms with van der Waals surface area (Å²) in [6.45, 7) is 5.55. The molecule has 5 N–H and O–H groups in total. The number of anilines is 2. The van der Waals surface area contributed by atoms with Crippen LogP contribution in [-0.4, -0.2) is 30.5 Å². The van der Waals surface area contributed by atoms with E-state index < -0.39 is 23.5 Å². The molecule has 0 fully saturated rings. The van der Waals surface area contributed by atoms with Crippen LogP contribution < -0.4 is 26.4 Å². The van der Waals surface area contributed by atoms with Crippen molar-refractivity contribution in [3.8, 4) is 16.9 Å². The summed E-state index contributed by atoms with van der Waals surface area (Å²) < 4.78 is 5.35. The first-order chi connectivity index (χ1) is 18.1. The Morgan fingerprint density at radius 1 is 1.11 bits per heavy atom. The molecule has 8 heteroatoms. The van der Waals surface area contributed by atoms with E-state index in [-0.39, 0.29) is 11.8 Å². The number of rotatable bonds is 6. The minimum Gasteiger partial charge on any atom is -0.410 e. The van der Waals surface area contributed by atoms with Crippen LogP contribution in [0.3, 0.4) is 0 Å². The molecule has 0 spiro atoms. The molecule has 3 aromatic rings. The molecule has 3 amide bonds. The smallest absolute Gasteiger partial charge is 0.410 e. The summed E-state index contributed by atoms with van der Waals surface area (Å²) >= 11 is 0. The van der Waals surface area contributed by atoms with Crippen LogP contribution >= 0.6 is 0 Å². The second kappa shape index (κ2) is 11.1. The van der Waals surface area contributed by atoms with Crippen LogP contribution in [0.25, 0.3) is 11.1 Å². The van der Waals surface area contributed by atoms with E-state index in [1.54, 1.807) is 31.2 Å². The van der Waals surface area contributed by atoms with Crippen molar-refractivity contribution in [2.45, 2.75) is 39.2 Å². The van der Waals surface area contributed by atoms with Crippen LogP contribution in [0.2, 0.25) is 0 Å². The van der Waals surface area contributed by atoms with Gasteiger partial charge in [-0.25, -0.2) is 4.79 Å². The maximum Gasteiger partial charge on any atom is 0.412 e. The van der Waals surface area contributed by atoms with Crippen LogP contribution in [0.15, 0.2) is 66.7 Å². The molecule has 0 aromatic heterocycles. The quantitative estimate of drug-likeness (QED) is 0.374. The average molecular weight is 515 g/mol. The molecule has 0 saturated heterocycles. The van der Waals surface area contributed by atoms with Crippen molar-refractivity contribution in [3.63, 3.8) is 0 Å². The molecule has 2 unspecified atom stereocenters. The number of carbonyl (C=O) groups is 3. The zero-order valence-corrected chi connectivity index (χ0v) is 22.1. The van der Waals surface area contributed by atoms with Crippen molar-refractivity contribution in [2.75, 3.05) is 17.7 Å². The molecule has 3 aromatic carbocycles. The molecule has 4 rings (SSSR count). The van der Waals surface area contributed by atoms with Gasteiger partial charge in [0.05, 0.1) is 5.54 Å². The molecule has 3 atom stereocenters. The Morgan fingerprint density at radius 3 is 2.53 bits per heavy atom. The highest BCUT2D eigenvalue weighted by molar-refractivity contribution is 6.00. The molecule has 0 bridgehead atoms. The van der Waals surface area contributed by atoms with Crippen molar-refractivity contribution >= 4 is 29.3 Å². The summed E-state index contributed by atoms with van der Waals surface area (Å²) in [6.07, 6.45) is 0.782. The van der Waals surface area contributed by atoms with Crippen molar-refractivity contribution < 1.29 is 19.1 Å². The largest absolute Gasteiger partial charge is 0.412 e. The zero-order valence-electron chi connectivity index (χ0n) is 22.1. The molecule has 8 nitrogen and oxygen atoms in total. The Kier molecular flexibility index (Phi) is 7.83. The number of ether oxygens (including phenoxy) is 1. The van der Waals surface area contributed by atoms with Gasteiger partial charge in [0.25, 0.3) is 0 Å². The van der Waals surface area contributed by atoms with Crippen molar-refractivity contribution in [3.05, 3.63) is 77.9 Å². The summed E-state index contributed by atoms with van der Waals surface area (Å²) in [6, 6.07) is 20.4. The third kappa shape index (κ3) is 5.70. The lowest BCUT2D eigenvalue weighted by molar-refractivity contribution is -0.126. The number of benzene rings is 3. The van der Waals surface area contributed by atoms with Gasteiger partial charge in [-0.15, -0.1) is 0 Å². The van der Waals surface area contributed by atoms with Gasteiger partial charge in [0.15, 0.2) is 0 Å². The van der Waals surface area contributed by atoms with E-state index in [4.69, 9.17) is 10.5 Å². The number of hydrogen-bond acceptors (Lipinski definition) is 5.